The highest BCUT2D eigenvalue weighted by molar-refractivity contribution is 7.93. The van der Waals surface area contributed by atoms with Gasteiger partial charge in [-0.2, -0.15) is 5.26 Å². The minimum Gasteiger partial charge on any atom is -0.362 e. The lowest BCUT2D eigenvalue weighted by molar-refractivity contribution is 0.384. The number of halogens is 1. The number of sulfone groups is 1. The summed E-state index contributed by atoms with van der Waals surface area (Å²) >= 11 is 7.96. The molecular formula is C21H22ClN3O2S2. The zero-order valence-corrected chi connectivity index (χ0v) is 18.5. The molecule has 0 unspecified atom stereocenters. The Morgan fingerprint density at radius 3 is 2.62 bits per heavy atom. The van der Waals surface area contributed by atoms with E-state index in [0.29, 0.717) is 28.3 Å². The first-order valence-electron chi connectivity index (χ1n) is 9.61. The van der Waals surface area contributed by atoms with E-state index in [1.807, 2.05) is 25.1 Å². The van der Waals surface area contributed by atoms with Crippen molar-refractivity contribution >= 4 is 38.6 Å². The van der Waals surface area contributed by atoms with Crippen LogP contribution in [0.25, 0.3) is 10.4 Å². The summed E-state index contributed by atoms with van der Waals surface area (Å²) in [7, 11) is -3.52. The van der Waals surface area contributed by atoms with Gasteiger partial charge in [0.25, 0.3) is 0 Å². The molecule has 1 saturated carbocycles. The summed E-state index contributed by atoms with van der Waals surface area (Å²) in [6, 6.07) is 11.2. The molecule has 1 saturated heterocycles. The number of hydrogen-bond donors (Lipinski definition) is 2. The summed E-state index contributed by atoms with van der Waals surface area (Å²) in [6.45, 7) is 1.81. The van der Waals surface area contributed by atoms with Crippen molar-refractivity contribution in [3.63, 3.8) is 0 Å². The van der Waals surface area contributed by atoms with Gasteiger partial charge in [-0.1, -0.05) is 43.0 Å². The molecule has 1 aliphatic carbocycles. The molecule has 0 amide bonds. The van der Waals surface area contributed by atoms with Gasteiger partial charge in [-0.3, -0.25) is 5.41 Å². The van der Waals surface area contributed by atoms with E-state index >= 15 is 0 Å². The van der Waals surface area contributed by atoms with E-state index in [-0.39, 0.29) is 11.6 Å². The third kappa shape index (κ3) is 3.27. The van der Waals surface area contributed by atoms with E-state index in [1.165, 1.54) is 11.3 Å². The largest absolute Gasteiger partial charge is 0.362 e. The molecule has 8 heteroatoms. The van der Waals surface area contributed by atoms with Crippen LogP contribution in [-0.2, 0) is 15.4 Å². The Labute approximate surface area is 180 Å². The van der Waals surface area contributed by atoms with Gasteiger partial charge in [-0.25, -0.2) is 8.42 Å². The molecule has 1 atom stereocenters. The highest BCUT2D eigenvalue weighted by atomic mass is 35.5. The quantitative estimate of drug-likeness (QED) is 0.687. The van der Waals surface area contributed by atoms with Gasteiger partial charge in [0.15, 0.2) is 9.84 Å². The SMILES string of the molecule is C[C@@]1(c2sc(-c3cccc(C#N)c3)cc2Cl)CS(=O)(=O)C2(CCCCC2)C(=N)N1. The lowest BCUT2D eigenvalue weighted by atomic mass is 9.86. The van der Waals surface area contributed by atoms with Gasteiger partial charge in [-0.05, 0) is 43.5 Å². The first-order chi connectivity index (χ1) is 13.7. The minimum absolute atomic E-state index is 0.0830. The van der Waals surface area contributed by atoms with E-state index in [9.17, 15) is 8.42 Å². The average Bonchev–Trinajstić information content (AvgIpc) is 3.09. The van der Waals surface area contributed by atoms with Crippen molar-refractivity contribution in [2.45, 2.75) is 49.3 Å². The molecule has 2 aliphatic rings. The van der Waals surface area contributed by atoms with Crippen LogP contribution in [-0.4, -0.2) is 24.8 Å². The fourth-order valence-corrected chi connectivity index (χ4v) is 8.80. The predicted octanol–water partition coefficient (Wildman–Crippen LogP) is 4.85. The summed E-state index contributed by atoms with van der Waals surface area (Å²) < 4.78 is 25.7. The Morgan fingerprint density at radius 1 is 1.24 bits per heavy atom. The van der Waals surface area contributed by atoms with E-state index < -0.39 is 20.1 Å². The summed E-state index contributed by atoms with van der Waals surface area (Å²) in [5, 5.41) is 21.5. The van der Waals surface area contributed by atoms with E-state index in [4.69, 9.17) is 22.3 Å². The molecule has 29 heavy (non-hydrogen) atoms. The van der Waals surface area contributed by atoms with Crippen molar-refractivity contribution in [3.8, 4) is 16.5 Å². The first-order valence-corrected chi connectivity index (χ1v) is 12.5. The van der Waals surface area contributed by atoms with E-state index in [1.54, 1.807) is 12.1 Å². The second kappa shape index (κ2) is 7.12. The van der Waals surface area contributed by atoms with Crippen LogP contribution < -0.4 is 5.32 Å². The van der Waals surface area contributed by atoms with Crippen molar-refractivity contribution in [3.05, 3.63) is 45.8 Å². The monoisotopic (exact) mass is 447 g/mol. The van der Waals surface area contributed by atoms with Gasteiger partial charge in [0.2, 0.25) is 0 Å². The Hall–Kier alpha value is -1.88. The number of amidine groups is 1. The molecule has 2 heterocycles. The molecule has 0 radical (unpaired) electrons. The molecule has 2 aromatic rings. The van der Waals surface area contributed by atoms with Crippen molar-refractivity contribution in [1.29, 1.82) is 10.7 Å². The molecule has 2 fully saturated rings. The molecule has 1 aromatic carbocycles. The number of nitrogens with zero attached hydrogens (tertiary/aromatic N) is 1. The van der Waals surface area contributed by atoms with Gasteiger partial charge in [0.1, 0.15) is 10.6 Å². The highest BCUT2D eigenvalue weighted by Gasteiger charge is 2.56. The van der Waals surface area contributed by atoms with Crippen LogP contribution in [0.1, 0.15) is 49.5 Å². The predicted molar refractivity (Wildman–Crippen MR) is 117 cm³/mol. The molecule has 1 spiro atoms. The number of rotatable bonds is 2. The number of nitriles is 1. The van der Waals surface area contributed by atoms with Crippen molar-refractivity contribution < 1.29 is 8.42 Å². The maximum Gasteiger partial charge on any atom is 0.165 e. The molecule has 152 valence electrons. The Kier molecular flexibility index (Phi) is 5.01. The summed E-state index contributed by atoms with van der Waals surface area (Å²) in [5.41, 5.74) is 0.466. The summed E-state index contributed by atoms with van der Waals surface area (Å²) in [4.78, 5) is 1.57. The normalized spacial score (nSPS) is 25.3. The Morgan fingerprint density at radius 2 is 1.97 bits per heavy atom. The zero-order chi connectivity index (χ0) is 20.9. The summed E-state index contributed by atoms with van der Waals surface area (Å²) in [5.74, 6) is 0.0174. The highest BCUT2D eigenvalue weighted by Crippen LogP contribution is 2.47. The van der Waals surface area contributed by atoms with Gasteiger partial charge >= 0.3 is 0 Å². The topological polar surface area (TPSA) is 93.8 Å². The van der Waals surface area contributed by atoms with Crippen LogP contribution in [0, 0.1) is 16.7 Å². The maximum atomic E-state index is 13.4. The molecule has 1 aromatic heterocycles. The van der Waals surface area contributed by atoms with Crippen molar-refractivity contribution in [2.75, 3.05) is 5.75 Å². The number of hydrogen-bond acceptors (Lipinski definition) is 5. The molecular weight excluding hydrogens is 426 g/mol. The molecule has 5 nitrogen and oxygen atoms in total. The third-order valence-corrected chi connectivity index (χ3v) is 10.7. The Balaban J connectivity index is 1.73. The van der Waals surface area contributed by atoms with E-state index in [0.717, 1.165) is 29.7 Å². The fourth-order valence-electron chi connectivity index (χ4n) is 4.54. The number of thiophene rings is 1. The van der Waals surface area contributed by atoms with Crippen molar-refractivity contribution in [2.24, 2.45) is 0 Å². The molecule has 4 rings (SSSR count). The second-order valence-corrected chi connectivity index (χ2v) is 11.9. The fraction of sp³-hybridized carbons (Fsp3) is 0.429. The van der Waals surface area contributed by atoms with Crippen LogP contribution in [0.3, 0.4) is 0 Å². The number of nitrogens with one attached hydrogen (secondary N) is 2. The average molecular weight is 448 g/mol. The third-order valence-electron chi connectivity index (χ3n) is 6.06. The molecule has 0 bridgehead atoms. The minimum atomic E-state index is -3.52. The summed E-state index contributed by atoms with van der Waals surface area (Å²) in [6.07, 6.45) is 3.71. The smallest absolute Gasteiger partial charge is 0.165 e. The molecule has 1 aliphatic heterocycles. The maximum absolute atomic E-state index is 13.4. The van der Waals surface area contributed by atoms with Gasteiger partial charge < -0.3 is 5.32 Å². The lowest BCUT2D eigenvalue weighted by Crippen LogP contribution is -2.66. The van der Waals surface area contributed by atoms with Crippen LogP contribution >= 0.6 is 22.9 Å². The zero-order valence-electron chi connectivity index (χ0n) is 16.1. The Bertz CT molecular complexity index is 1130. The van der Waals surface area contributed by atoms with Crippen molar-refractivity contribution in [1.82, 2.24) is 5.32 Å². The van der Waals surface area contributed by atoms with Crippen LogP contribution in [0.2, 0.25) is 5.02 Å². The standard InChI is InChI=1S/C21H22ClN3O2S2/c1-20(13-29(26,27)21(19(24)25-20)8-3-2-4-9-21)18-16(22)11-17(28-18)15-7-5-6-14(10-15)12-23/h5-7,10-11H,2-4,8-9,13H2,1H3,(H2,24,25)/t20-/m0/s1. The van der Waals surface area contributed by atoms with Gasteiger partial charge in [-0.15, -0.1) is 11.3 Å². The van der Waals surface area contributed by atoms with Crippen LogP contribution in [0.4, 0.5) is 0 Å². The second-order valence-electron chi connectivity index (χ2n) is 8.13. The van der Waals surface area contributed by atoms with Gasteiger partial charge in [0.05, 0.1) is 27.9 Å². The molecule has 2 N–H and O–H groups in total. The van der Waals surface area contributed by atoms with E-state index in [2.05, 4.69) is 11.4 Å². The van der Waals surface area contributed by atoms with Crippen LogP contribution in [0.5, 0.6) is 0 Å². The lowest BCUT2D eigenvalue weighted by Gasteiger charge is -2.47. The van der Waals surface area contributed by atoms with Gasteiger partial charge in [0, 0.05) is 9.75 Å². The first kappa shape index (κ1) is 20.4. The number of benzene rings is 1. The van der Waals surface area contributed by atoms with Crippen LogP contribution in [0.15, 0.2) is 30.3 Å².